The summed E-state index contributed by atoms with van der Waals surface area (Å²) in [6, 6.07) is 14.3. The summed E-state index contributed by atoms with van der Waals surface area (Å²) in [5.41, 5.74) is 1.19. The first-order valence-corrected chi connectivity index (χ1v) is 8.81. The van der Waals surface area contributed by atoms with Gasteiger partial charge in [-0.1, -0.05) is 37.3 Å². The fourth-order valence-corrected chi connectivity index (χ4v) is 3.06. The fraction of sp³-hybridized carbons (Fsp3) is 0.381. The number of hydrogen-bond donors (Lipinski definition) is 1. The first kappa shape index (κ1) is 17.5. The Labute approximate surface area is 149 Å². The summed E-state index contributed by atoms with van der Waals surface area (Å²) in [6.07, 6.45) is 4.47. The lowest BCUT2D eigenvalue weighted by atomic mass is 10.1. The number of nitrogens with zero attached hydrogens (tertiary/aromatic N) is 1. The summed E-state index contributed by atoms with van der Waals surface area (Å²) in [5, 5.41) is 2.97. The summed E-state index contributed by atoms with van der Waals surface area (Å²) < 4.78 is 5.79. The predicted octanol–water partition coefficient (Wildman–Crippen LogP) is 3.84. The molecule has 1 N–H and O–H groups in total. The Hall–Kier alpha value is -2.33. The van der Waals surface area contributed by atoms with Crippen LogP contribution in [0.2, 0.25) is 0 Å². The number of carbonyl (C=O) groups is 1. The smallest absolute Gasteiger partial charge is 0.244 e. The zero-order valence-electron chi connectivity index (χ0n) is 15.1. The minimum Gasteiger partial charge on any atom is -0.461 e. The van der Waals surface area contributed by atoms with E-state index in [0.717, 1.165) is 11.5 Å². The van der Waals surface area contributed by atoms with Gasteiger partial charge in [0.25, 0.3) is 0 Å². The van der Waals surface area contributed by atoms with E-state index in [9.17, 15) is 4.79 Å². The van der Waals surface area contributed by atoms with Crippen molar-refractivity contribution in [2.24, 2.45) is 5.92 Å². The van der Waals surface area contributed by atoms with Crippen LogP contribution in [0.5, 0.6) is 0 Å². The van der Waals surface area contributed by atoms with Gasteiger partial charge < -0.3 is 14.6 Å². The molecular weight excluding hydrogens is 312 g/mol. The molecule has 4 heteroatoms. The van der Waals surface area contributed by atoms with Crippen LogP contribution in [0.3, 0.4) is 0 Å². The van der Waals surface area contributed by atoms with Gasteiger partial charge in [0.15, 0.2) is 0 Å². The summed E-state index contributed by atoms with van der Waals surface area (Å²) >= 11 is 0. The molecule has 2 aromatic rings. The quantitative estimate of drug-likeness (QED) is 0.780. The number of carbonyl (C=O) groups excluding carboxylic acids is 1. The highest BCUT2D eigenvalue weighted by Gasteiger charge is 2.36. The highest BCUT2D eigenvalue weighted by Crippen LogP contribution is 2.47. The van der Waals surface area contributed by atoms with Crippen molar-refractivity contribution >= 4 is 12.0 Å². The van der Waals surface area contributed by atoms with Crippen molar-refractivity contribution < 1.29 is 9.21 Å². The van der Waals surface area contributed by atoms with Crippen molar-refractivity contribution in [3.05, 3.63) is 65.6 Å². The lowest BCUT2D eigenvalue weighted by molar-refractivity contribution is -0.116. The standard InChI is InChI=1S/C21H26N2O2/c1-15-13-18(15)20-11-9-17(25-20)10-12-21(24)22-14-19(23(2)3)16-7-5-4-6-8-16/h4-12,15,18-19H,13-14H2,1-3H3,(H,22,24)/b12-10+. The molecule has 1 aliphatic carbocycles. The van der Waals surface area contributed by atoms with Crippen LogP contribution in [0.25, 0.3) is 6.08 Å². The van der Waals surface area contributed by atoms with Crippen molar-refractivity contribution in [3.8, 4) is 0 Å². The second-order valence-electron chi connectivity index (χ2n) is 7.03. The molecule has 0 spiro atoms. The third-order valence-corrected chi connectivity index (χ3v) is 4.80. The Morgan fingerprint density at radius 2 is 2.00 bits per heavy atom. The van der Waals surface area contributed by atoms with E-state index in [1.807, 2.05) is 44.4 Å². The number of benzene rings is 1. The molecule has 1 fully saturated rings. The molecular formula is C21H26N2O2. The lowest BCUT2D eigenvalue weighted by Crippen LogP contribution is -2.33. The highest BCUT2D eigenvalue weighted by atomic mass is 16.3. The zero-order chi connectivity index (χ0) is 17.8. The van der Waals surface area contributed by atoms with Crippen LogP contribution in [0.15, 0.2) is 53.0 Å². The van der Waals surface area contributed by atoms with E-state index >= 15 is 0 Å². The van der Waals surface area contributed by atoms with Crippen molar-refractivity contribution in [1.82, 2.24) is 10.2 Å². The summed E-state index contributed by atoms with van der Waals surface area (Å²) in [7, 11) is 4.03. The van der Waals surface area contributed by atoms with E-state index in [1.54, 1.807) is 6.08 Å². The average molecular weight is 338 g/mol. The van der Waals surface area contributed by atoms with Crippen LogP contribution in [0.4, 0.5) is 0 Å². The molecule has 25 heavy (non-hydrogen) atoms. The molecule has 1 heterocycles. The molecule has 1 aromatic heterocycles. The van der Waals surface area contributed by atoms with Crippen LogP contribution in [-0.2, 0) is 4.79 Å². The highest BCUT2D eigenvalue weighted by molar-refractivity contribution is 5.91. The molecule has 1 amide bonds. The summed E-state index contributed by atoms with van der Waals surface area (Å²) in [4.78, 5) is 14.2. The second-order valence-corrected chi connectivity index (χ2v) is 7.03. The van der Waals surface area contributed by atoms with Crippen LogP contribution >= 0.6 is 0 Å². The molecule has 3 rings (SSSR count). The maximum absolute atomic E-state index is 12.1. The van der Waals surface area contributed by atoms with Crippen LogP contribution < -0.4 is 5.32 Å². The van der Waals surface area contributed by atoms with Gasteiger partial charge in [-0.15, -0.1) is 0 Å². The Balaban J connectivity index is 1.53. The van der Waals surface area contributed by atoms with E-state index in [-0.39, 0.29) is 11.9 Å². The largest absolute Gasteiger partial charge is 0.461 e. The van der Waals surface area contributed by atoms with E-state index in [1.165, 1.54) is 18.1 Å². The van der Waals surface area contributed by atoms with Gasteiger partial charge in [-0.25, -0.2) is 0 Å². The molecule has 0 bridgehead atoms. The molecule has 1 aliphatic rings. The molecule has 132 valence electrons. The lowest BCUT2D eigenvalue weighted by Gasteiger charge is -2.24. The van der Waals surface area contributed by atoms with E-state index in [4.69, 9.17) is 4.42 Å². The van der Waals surface area contributed by atoms with Crippen molar-refractivity contribution in [1.29, 1.82) is 0 Å². The molecule has 3 atom stereocenters. The number of likely N-dealkylation sites (N-methyl/N-ethyl adjacent to an activating group) is 1. The Bertz CT molecular complexity index is 733. The van der Waals surface area contributed by atoms with Gasteiger partial charge in [0.2, 0.25) is 5.91 Å². The first-order chi connectivity index (χ1) is 12.0. The summed E-state index contributed by atoms with van der Waals surface area (Å²) in [6.45, 7) is 2.78. The minimum absolute atomic E-state index is 0.111. The van der Waals surface area contributed by atoms with Gasteiger partial charge in [0, 0.05) is 18.5 Å². The average Bonchev–Trinajstić information content (AvgIpc) is 3.15. The normalized spacial score (nSPS) is 20.8. The fourth-order valence-electron chi connectivity index (χ4n) is 3.06. The van der Waals surface area contributed by atoms with Crippen LogP contribution in [0, 0.1) is 5.92 Å². The van der Waals surface area contributed by atoms with E-state index < -0.39 is 0 Å². The monoisotopic (exact) mass is 338 g/mol. The van der Waals surface area contributed by atoms with Gasteiger partial charge in [-0.05, 0) is 50.2 Å². The maximum Gasteiger partial charge on any atom is 0.244 e. The van der Waals surface area contributed by atoms with E-state index in [0.29, 0.717) is 18.4 Å². The molecule has 0 saturated heterocycles. The molecule has 1 aromatic carbocycles. The number of nitrogens with one attached hydrogen (secondary N) is 1. The number of furan rings is 1. The SMILES string of the molecule is CC1CC1c1ccc(/C=C/C(=O)NCC(c2ccccc2)N(C)C)o1. The van der Waals surface area contributed by atoms with Gasteiger partial charge in [-0.2, -0.15) is 0 Å². The third-order valence-electron chi connectivity index (χ3n) is 4.80. The Morgan fingerprint density at radius 1 is 1.28 bits per heavy atom. The molecule has 0 aliphatic heterocycles. The molecule has 3 unspecified atom stereocenters. The molecule has 1 saturated carbocycles. The second kappa shape index (κ2) is 7.70. The van der Waals surface area contributed by atoms with Crippen molar-refractivity contribution in [2.75, 3.05) is 20.6 Å². The van der Waals surface area contributed by atoms with Crippen LogP contribution in [-0.4, -0.2) is 31.4 Å². The topological polar surface area (TPSA) is 45.5 Å². The predicted molar refractivity (Wildman–Crippen MR) is 100 cm³/mol. The van der Waals surface area contributed by atoms with Crippen LogP contribution in [0.1, 0.15) is 42.4 Å². The van der Waals surface area contributed by atoms with Gasteiger partial charge in [-0.3, -0.25) is 4.79 Å². The van der Waals surface area contributed by atoms with Gasteiger partial charge in [0.05, 0.1) is 6.04 Å². The molecule has 4 nitrogen and oxygen atoms in total. The number of amides is 1. The number of hydrogen-bond acceptors (Lipinski definition) is 3. The van der Waals surface area contributed by atoms with Crippen molar-refractivity contribution in [3.63, 3.8) is 0 Å². The van der Waals surface area contributed by atoms with Gasteiger partial charge >= 0.3 is 0 Å². The zero-order valence-corrected chi connectivity index (χ0v) is 15.1. The minimum atomic E-state index is -0.111. The Morgan fingerprint density at radius 3 is 2.64 bits per heavy atom. The third kappa shape index (κ3) is 4.60. The van der Waals surface area contributed by atoms with Gasteiger partial charge in [0.1, 0.15) is 11.5 Å². The number of rotatable bonds is 7. The Kier molecular flexibility index (Phi) is 5.39. The molecule has 0 radical (unpaired) electrons. The summed E-state index contributed by atoms with van der Waals surface area (Å²) in [5.74, 6) is 2.93. The first-order valence-electron chi connectivity index (χ1n) is 8.81. The maximum atomic E-state index is 12.1. The van der Waals surface area contributed by atoms with E-state index in [2.05, 4.69) is 29.3 Å². The van der Waals surface area contributed by atoms with Crippen molar-refractivity contribution in [2.45, 2.75) is 25.3 Å².